The Hall–Kier alpha value is -2.35. The molecule has 8 nitrogen and oxygen atoms in total. The van der Waals surface area contributed by atoms with Crippen LogP contribution in [0.1, 0.15) is 38.9 Å². The molecule has 0 aliphatic carbocycles. The van der Waals surface area contributed by atoms with Gasteiger partial charge in [0.05, 0.1) is 13.2 Å². The second-order valence-corrected chi connectivity index (χ2v) is 6.35. The van der Waals surface area contributed by atoms with Gasteiger partial charge in [-0.2, -0.15) is 4.98 Å². The minimum absolute atomic E-state index is 0.230. The quantitative estimate of drug-likeness (QED) is 0.633. The lowest BCUT2D eigenvalue weighted by Gasteiger charge is -2.12. The molecule has 136 valence electrons. The van der Waals surface area contributed by atoms with Gasteiger partial charge in [-0.25, -0.2) is 4.79 Å². The Balaban J connectivity index is 2.32. The number of aryl methyl sites for hydroxylation is 2. The van der Waals surface area contributed by atoms with Gasteiger partial charge in [0.2, 0.25) is 5.78 Å². The predicted octanol–water partition coefficient (Wildman–Crippen LogP) is 1.47. The van der Waals surface area contributed by atoms with Crippen LogP contribution in [0.3, 0.4) is 0 Å². The van der Waals surface area contributed by atoms with Gasteiger partial charge in [0.1, 0.15) is 0 Å². The molecule has 0 spiro atoms. The minimum Gasteiger partial charge on any atom is -0.380 e. The average molecular weight is 347 g/mol. The van der Waals surface area contributed by atoms with Gasteiger partial charge in [-0.3, -0.25) is 18.3 Å². The van der Waals surface area contributed by atoms with Crippen molar-refractivity contribution in [2.45, 2.75) is 46.7 Å². The molecule has 1 atom stereocenters. The maximum absolute atomic E-state index is 13.0. The third-order valence-corrected chi connectivity index (χ3v) is 4.76. The maximum Gasteiger partial charge on any atom is 0.332 e. The fourth-order valence-corrected chi connectivity index (χ4v) is 3.25. The number of aromatic nitrogens is 5. The Bertz CT molecular complexity index is 1040. The van der Waals surface area contributed by atoms with Gasteiger partial charge in [0.15, 0.2) is 11.2 Å². The van der Waals surface area contributed by atoms with E-state index in [1.807, 2.05) is 20.0 Å². The molecule has 3 rings (SSSR count). The number of imidazole rings is 2. The zero-order valence-electron chi connectivity index (χ0n) is 15.4. The highest BCUT2D eigenvalue weighted by molar-refractivity contribution is 5.75. The Morgan fingerprint density at radius 3 is 2.64 bits per heavy atom. The van der Waals surface area contributed by atoms with Gasteiger partial charge in [-0.1, -0.05) is 6.92 Å². The van der Waals surface area contributed by atoms with Crippen molar-refractivity contribution in [3.63, 3.8) is 0 Å². The fourth-order valence-electron chi connectivity index (χ4n) is 3.25. The van der Waals surface area contributed by atoms with Gasteiger partial charge in [0, 0.05) is 31.6 Å². The zero-order valence-corrected chi connectivity index (χ0v) is 15.4. The summed E-state index contributed by atoms with van der Waals surface area (Å²) in [7, 11) is 1.65. The monoisotopic (exact) mass is 347 g/mol. The van der Waals surface area contributed by atoms with Crippen LogP contribution in [0, 0.1) is 6.92 Å². The minimum atomic E-state index is -0.371. The molecule has 3 aromatic heterocycles. The van der Waals surface area contributed by atoms with Gasteiger partial charge in [-0.05, 0) is 27.2 Å². The van der Waals surface area contributed by atoms with Crippen molar-refractivity contribution >= 4 is 16.9 Å². The highest BCUT2D eigenvalue weighted by atomic mass is 16.5. The summed E-state index contributed by atoms with van der Waals surface area (Å²) >= 11 is 0. The summed E-state index contributed by atoms with van der Waals surface area (Å²) in [6.45, 7) is 9.21. The molecule has 3 heterocycles. The smallest absolute Gasteiger partial charge is 0.332 e. The van der Waals surface area contributed by atoms with E-state index >= 15 is 0 Å². The van der Waals surface area contributed by atoms with E-state index < -0.39 is 0 Å². The van der Waals surface area contributed by atoms with Crippen molar-refractivity contribution in [1.29, 1.82) is 0 Å². The van der Waals surface area contributed by atoms with Crippen LogP contribution in [0.5, 0.6) is 0 Å². The van der Waals surface area contributed by atoms with Crippen molar-refractivity contribution < 1.29 is 4.74 Å². The zero-order chi connectivity index (χ0) is 18.3. The highest BCUT2D eigenvalue weighted by Gasteiger charge is 2.21. The van der Waals surface area contributed by atoms with E-state index in [2.05, 4.69) is 23.4 Å². The van der Waals surface area contributed by atoms with Gasteiger partial charge < -0.3 is 9.30 Å². The van der Waals surface area contributed by atoms with E-state index in [0.717, 1.165) is 12.1 Å². The summed E-state index contributed by atoms with van der Waals surface area (Å²) < 4.78 is 11.9. The molecule has 8 heteroatoms. The average Bonchev–Trinajstić information content (AvgIpc) is 3.10. The van der Waals surface area contributed by atoms with Crippen LogP contribution in [-0.2, 0) is 18.3 Å². The molecule has 0 radical (unpaired) electrons. The predicted molar refractivity (Wildman–Crippen MR) is 96.4 cm³/mol. The van der Waals surface area contributed by atoms with Crippen LogP contribution in [0.15, 0.2) is 15.8 Å². The Kier molecular flexibility index (Phi) is 4.55. The molecule has 0 aliphatic rings. The molecule has 0 fully saturated rings. The van der Waals surface area contributed by atoms with Crippen molar-refractivity contribution in [1.82, 2.24) is 23.1 Å². The molecule has 25 heavy (non-hydrogen) atoms. The highest BCUT2D eigenvalue weighted by Crippen LogP contribution is 2.21. The lowest BCUT2D eigenvalue weighted by Crippen LogP contribution is -2.40. The summed E-state index contributed by atoms with van der Waals surface area (Å²) in [5.74, 6) is 0.691. The molecule has 3 aromatic rings. The van der Waals surface area contributed by atoms with Crippen LogP contribution >= 0.6 is 0 Å². The van der Waals surface area contributed by atoms with E-state index in [0.29, 0.717) is 30.2 Å². The van der Waals surface area contributed by atoms with Crippen molar-refractivity contribution in [3.05, 3.63) is 32.7 Å². The standard InChI is InChI=1S/C17H25N5O3/c1-6-11(3)22-12(4)10-21-13-14(18-16(21)22)19(5)17(24)20(15(13)23)8-9-25-7-2/h10-11H,6-9H2,1-5H3/t11-/m1/s1. The first-order valence-electron chi connectivity index (χ1n) is 8.69. The Labute approximate surface area is 145 Å². The second-order valence-electron chi connectivity index (χ2n) is 6.35. The summed E-state index contributed by atoms with van der Waals surface area (Å²) in [4.78, 5) is 30.1. The van der Waals surface area contributed by atoms with E-state index in [9.17, 15) is 9.59 Å². The molecule has 0 amide bonds. The fraction of sp³-hybridized carbons (Fsp3) is 0.588. The van der Waals surface area contributed by atoms with Crippen molar-refractivity contribution in [3.8, 4) is 0 Å². The molecule has 0 saturated heterocycles. The maximum atomic E-state index is 13.0. The van der Waals surface area contributed by atoms with E-state index in [1.54, 1.807) is 11.4 Å². The van der Waals surface area contributed by atoms with Crippen molar-refractivity contribution in [2.24, 2.45) is 7.05 Å². The summed E-state index contributed by atoms with van der Waals surface area (Å²) in [5.41, 5.74) is 1.18. The van der Waals surface area contributed by atoms with Gasteiger partial charge in [0.25, 0.3) is 5.56 Å². The van der Waals surface area contributed by atoms with Gasteiger partial charge >= 0.3 is 5.69 Å². The number of fused-ring (bicyclic) bond motifs is 3. The van der Waals surface area contributed by atoms with E-state index in [4.69, 9.17) is 4.74 Å². The normalized spacial score (nSPS) is 13.2. The third kappa shape index (κ3) is 2.60. The summed E-state index contributed by atoms with van der Waals surface area (Å²) in [5, 5.41) is 0. The van der Waals surface area contributed by atoms with Crippen molar-refractivity contribution in [2.75, 3.05) is 13.2 Å². The Morgan fingerprint density at radius 1 is 1.28 bits per heavy atom. The van der Waals surface area contributed by atoms with Crippen LogP contribution in [0.2, 0.25) is 0 Å². The molecule has 0 aromatic carbocycles. The lowest BCUT2D eigenvalue weighted by atomic mass is 10.2. The van der Waals surface area contributed by atoms with E-state index in [1.165, 1.54) is 9.13 Å². The number of hydrogen-bond acceptors (Lipinski definition) is 4. The SMILES string of the molecule is CCOCCn1c(=O)c2c(nc3n([C@H](C)CC)c(C)cn23)n(C)c1=O. The number of ether oxygens (including phenoxy) is 1. The second kappa shape index (κ2) is 6.51. The first-order valence-corrected chi connectivity index (χ1v) is 8.69. The molecule has 0 saturated carbocycles. The Morgan fingerprint density at radius 2 is 2.00 bits per heavy atom. The molecule has 0 aliphatic heterocycles. The number of hydrogen-bond donors (Lipinski definition) is 0. The third-order valence-electron chi connectivity index (χ3n) is 4.76. The van der Waals surface area contributed by atoms with Crippen LogP contribution < -0.4 is 11.2 Å². The first kappa shape index (κ1) is 17.5. The lowest BCUT2D eigenvalue weighted by molar-refractivity contribution is 0.137. The molecule has 0 unspecified atom stereocenters. The van der Waals surface area contributed by atoms with E-state index in [-0.39, 0.29) is 23.8 Å². The summed E-state index contributed by atoms with van der Waals surface area (Å²) in [6, 6.07) is 0.256. The molecular weight excluding hydrogens is 322 g/mol. The molecular formula is C17H25N5O3. The van der Waals surface area contributed by atoms with Crippen LogP contribution in [0.4, 0.5) is 0 Å². The number of nitrogens with zero attached hydrogens (tertiary/aromatic N) is 5. The first-order chi connectivity index (χ1) is 11.9. The van der Waals surface area contributed by atoms with Crippen LogP contribution in [0.25, 0.3) is 16.9 Å². The molecule has 0 bridgehead atoms. The van der Waals surface area contributed by atoms with Gasteiger partial charge in [-0.15, -0.1) is 0 Å². The largest absolute Gasteiger partial charge is 0.380 e. The number of rotatable bonds is 6. The summed E-state index contributed by atoms with van der Waals surface area (Å²) in [6.07, 6.45) is 2.86. The topological polar surface area (TPSA) is 75.5 Å². The molecule has 0 N–H and O–H groups in total. The van der Waals surface area contributed by atoms with Crippen LogP contribution in [-0.4, -0.2) is 36.3 Å².